The zero-order valence-electron chi connectivity index (χ0n) is 11.4. The predicted molar refractivity (Wildman–Crippen MR) is 66.9 cm³/mol. The van der Waals surface area contributed by atoms with Crippen molar-refractivity contribution in [2.24, 2.45) is 5.92 Å². The van der Waals surface area contributed by atoms with Gasteiger partial charge in [0, 0.05) is 26.2 Å². The number of amides is 2. The smallest absolute Gasteiger partial charge is 0.320 e. The number of nitrogens with zero attached hydrogens (tertiary/aromatic N) is 3. The zero-order valence-corrected chi connectivity index (χ0v) is 11.4. The van der Waals surface area contributed by atoms with Crippen molar-refractivity contribution < 1.29 is 14.7 Å². The van der Waals surface area contributed by atoms with Crippen molar-refractivity contribution in [3.8, 4) is 6.07 Å². The molecule has 0 aromatic carbocycles. The van der Waals surface area contributed by atoms with E-state index in [0.717, 1.165) is 0 Å². The molecular weight excluding hydrogens is 234 g/mol. The largest absolute Gasteiger partial charge is 0.481 e. The van der Waals surface area contributed by atoms with Crippen molar-refractivity contribution in [2.75, 3.05) is 20.1 Å². The summed E-state index contributed by atoms with van der Waals surface area (Å²) in [6.07, 6.45) is -0.0821. The summed E-state index contributed by atoms with van der Waals surface area (Å²) < 4.78 is 0. The van der Waals surface area contributed by atoms with E-state index in [1.165, 1.54) is 9.80 Å². The van der Waals surface area contributed by atoms with Gasteiger partial charge < -0.3 is 14.9 Å². The van der Waals surface area contributed by atoms with Crippen molar-refractivity contribution in [3.05, 3.63) is 0 Å². The average molecular weight is 255 g/mol. The van der Waals surface area contributed by atoms with Crippen LogP contribution in [0.15, 0.2) is 0 Å². The van der Waals surface area contributed by atoms with Crippen LogP contribution in [-0.4, -0.2) is 53.1 Å². The lowest BCUT2D eigenvalue weighted by atomic mass is 10.2. The molecule has 6 nitrogen and oxygen atoms in total. The Morgan fingerprint density at radius 1 is 1.39 bits per heavy atom. The molecule has 6 heteroatoms. The van der Waals surface area contributed by atoms with E-state index in [-0.39, 0.29) is 24.4 Å². The Morgan fingerprint density at radius 3 is 2.33 bits per heavy atom. The summed E-state index contributed by atoms with van der Waals surface area (Å²) in [6.45, 7) is 6.03. The lowest BCUT2D eigenvalue weighted by molar-refractivity contribution is -0.138. The van der Waals surface area contributed by atoms with Gasteiger partial charge in [0.15, 0.2) is 0 Å². The van der Waals surface area contributed by atoms with Crippen LogP contribution in [0.5, 0.6) is 0 Å². The summed E-state index contributed by atoms with van der Waals surface area (Å²) in [7, 11) is 1.62. The molecule has 0 aliphatic carbocycles. The summed E-state index contributed by atoms with van der Waals surface area (Å²) >= 11 is 0. The molecule has 2 atom stereocenters. The molecule has 2 amide bonds. The first-order chi connectivity index (χ1) is 8.33. The summed E-state index contributed by atoms with van der Waals surface area (Å²) in [5.74, 6) is -1.17. The third-order valence-electron chi connectivity index (χ3n) is 2.68. The number of carbonyl (C=O) groups is 2. The number of carboxylic acid groups (broad SMARTS) is 1. The zero-order chi connectivity index (χ0) is 14.3. The van der Waals surface area contributed by atoms with Gasteiger partial charge in [-0.3, -0.25) is 4.79 Å². The van der Waals surface area contributed by atoms with E-state index in [1.807, 2.05) is 0 Å². The monoisotopic (exact) mass is 255 g/mol. The van der Waals surface area contributed by atoms with E-state index < -0.39 is 5.97 Å². The van der Waals surface area contributed by atoms with E-state index in [4.69, 9.17) is 10.4 Å². The molecule has 0 aliphatic rings. The number of urea groups is 1. The molecule has 2 unspecified atom stereocenters. The molecule has 1 N–H and O–H groups in total. The minimum Gasteiger partial charge on any atom is -0.481 e. The van der Waals surface area contributed by atoms with Crippen LogP contribution < -0.4 is 0 Å². The Bertz CT molecular complexity index is 338. The Morgan fingerprint density at radius 2 is 1.94 bits per heavy atom. The molecule has 0 heterocycles. The van der Waals surface area contributed by atoms with Gasteiger partial charge in [-0.15, -0.1) is 0 Å². The quantitative estimate of drug-likeness (QED) is 0.777. The molecule has 18 heavy (non-hydrogen) atoms. The number of carboxylic acids is 1. The maximum absolute atomic E-state index is 12.1. The van der Waals surface area contributed by atoms with E-state index >= 15 is 0 Å². The molecule has 0 spiro atoms. The van der Waals surface area contributed by atoms with Crippen LogP contribution in [-0.2, 0) is 4.79 Å². The first-order valence-corrected chi connectivity index (χ1v) is 5.96. The lowest BCUT2D eigenvalue weighted by Crippen LogP contribution is -2.47. The summed E-state index contributed by atoms with van der Waals surface area (Å²) in [5, 5.41) is 17.4. The Kier molecular flexibility index (Phi) is 6.79. The van der Waals surface area contributed by atoms with Crippen LogP contribution in [0.4, 0.5) is 4.79 Å². The highest BCUT2D eigenvalue weighted by molar-refractivity contribution is 5.75. The highest BCUT2D eigenvalue weighted by atomic mass is 16.4. The molecule has 0 saturated carbocycles. The SMILES string of the molecule is CCN(C(=O)N(C)CC(C)C#N)C(C)CC(=O)O. The molecule has 0 fully saturated rings. The lowest BCUT2D eigenvalue weighted by Gasteiger charge is -2.31. The van der Waals surface area contributed by atoms with E-state index in [2.05, 4.69) is 6.07 Å². The van der Waals surface area contributed by atoms with Crippen LogP contribution >= 0.6 is 0 Å². The summed E-state index contributed by atoms with van der Waals surface area (Å²) in [6, 6.07) is 1.46. The molecule has 0 radical (unpaired) electrons. The van der Waals surface area contributed by atoms with Crippen LogP contribution in [0.2, 0.25) is 0 Å². The third kappa shape index (κ3) is 5.04. The van der Waals surface area contributed by atoms with Gasteiger partial charge in [0.1, 0.15) is 0 Å². The Labute approximate surface area is 108 Å². The average Bonchev–Trinajstić information content (AvgIpc) is 2.28. The molecule has 0 rings (SSSR count). The van der Waals surface area contributed by atoms with Gasteiger partial charge in [-0.1, -0.05) is 0 Å². The van der Waals surface area contributed by atoms with Gasteiger partial charge in [0.25, 0.3) is 0 Å². The molecule has 0 saturated heterocycles. The number of aliphatic carboxylic acids is 1. The van der Waals surface area contributed by atoms with Crippen molar-refractivity contribution >= 4 is 12.0 Å². The number of rotatable bonds is 6. The number of hydrogen-bond acceptors (Lipinski definition) is 3. The predicted octanol–water partition coefficient (Wildman–Crippen LogP) is 1.38. The highest BCUT2D eigenvalue weighted by Crippen LogP contribution is 2.08. The molecule has 102 valence electrons. The van der Waals surface area contributed by atoms with Gasteiger partial charge in [-0.25, -0.2) is 4.79 Å². The van der Waals surface area contributed by atoms with Crippen molar-refractivity contribution in [1.29, 1.82) is 5.26 Å². The van der Waals surface area contributed by atoms with Gasteiger partial charge in [0.2, 0.25) is 0 Å². The minimum atomic E-state index is -0.929. The fraction of sp³-hybridized carbons (Fsp3) is 0.750. The number of carbonyl (C=O) groups excluding carboxylic acids is 1. The van der Waals surface area contributed by atoms with Crippen LogP contribution in [0.3, 0.4) is 0 Å². The second-order valence-corrected chi connectivity index (χ2v) is 4.43. The van der Waals surface area contributed by atoms with Gasteiger partial charge >= 0.3 is 12.0 Å². The standard InChI is InChI=1S/C12H21N3O3/c1-5-15(10(3)6-11(16)17)12(18)14(4)8-9(2)7-13/h9-10H,5-6,8H2,1-4H3,(H,16,17). The molecule has 0 aromatic heterocycles. The fourth-order valence-corrected chi connectivity index (χ4v) is 1.75. The maximum Gasteiger partial charge on any atom is 0.320 e. The number of hydrogen-bond donors (Lipinski definition) is 1. The highest BCUT2D eigenvalue weighted by Gasteiger charge is 2.24. The van der Waals surface area contributed by atoms with Crippen molar-refractivity contribution in [2.45, 2.75) is 33.2 Å². The third-order valence-corrected chi connectivity index (χ3v) is 2.68. The molecular formula is C12H21N3O3. The van der Waals surface area contributed by atoms with Crippen LogP contribution in [0.1, 0.15) is 27.2 Å². The van der Waals surface area contributed by atoms with Gasteiger partial charge in [-0.05, 0) is 20.8 Å². The second kappa shape index (κ2) is 7.54. The van der Waals surface area contributed by atoms with Gasteiger partial charge in [-0.2, -0.15) is 5.26 Å². The summed E-state index contributed by atoms with van der Waals surface area (Å²) in [5.41, 5.74) is 0. The van der Waals surface area contributed by atoms with E-state index in [0.29, 0.717) is 13.1 Å². The van der Waals surface area contributed by atoms with Gasteiger partial charge in [0.05, 0.1) is 18.4 Å². The first-order valence-electron chi connectivity index (χ1n) is 5.96. The maximum atomic E-state index is 12.1. The normalized spacial score (nSPS) is 13.3. The topological polar surface area (TPSA) is 84.6 Å². The first kappa shape index (κ1) is 16.2. The second-order valence-electron chi connectivity index (χ2n) is 4.43. The molecule has 0 aromatic rings. The Balaban J connectivity index is 4.60. The number of nitriles is 1. The van der Waals surface area contributed by atoms with Crippen molar-refractivity contribution in [3.63, 3.8) is 0 Å². The Hall–Kier alpha value is -1.77. The molecule has 0 bridgehead atoms. The minimum absolute atomic E-state index is 0.0821. The molecule has 0 aliphatic heterocycles. The van der Waals surface area contributed by atoms with Crippen LogP contribution in [0.25, 0.3) is 0 Å². The van der Waals surface area contributed by atoms with E-state index in [1.54, 1.807) is 27.8 Å². The van der Waals surface area contributed by atoms with Crippen molar-refractivity contribution in [1.82, 2.24) is 9.80 Å². The summed E-state index contributed by atoms with van der Waals surface area (Å²) in [4.78, 5) is 25.7. The fourth-order valence-electron chi connectivity index (χ4n) is 1.75. The van der Waals surface area contributed by atoms with E-state index in [9.17, 15) is 9.59 Å². The van der Waals surface area contributed by atoms with Crippen LogP contribution in [0, 0.1) is 17.2 Å².